The first-order chi connectivity index (χ1) is 12.8. The van der Waals surface area contributed by atoms with E-state index in [1.54, 1.807) is 0 Å². The maximum Gasteiger partial charge on any atom is 0.251 e. The van der Waals surface area contributed by atoms with E-state index in [4.69, 9.17) is 14.5 Å². The van der Waals surface area contributed by atoms with Crippen LogP contribution in [0.5, 0.6) is 0 Å². The Morgan fingerprint density at radius 1 is 1.19 bits per heavy atom. The third-order valence-electron chi connectivity index (χ3n) is 5.19. The smallest absolute Gasteiger partial charge is 0.251 e. The summed E-state index contributed by atoms with van der Waals surface area (Å²) >= 11 is 0. The summed E-state index contributed by atoms with van der Waals surface area (Å²) in [6.45, 7) is 9.29. The Morgan fingerprint density at radius 3 is 2.56 bits per heavy atom. The largest absolute Gasteiger partial charge is 0.381 e. The summed E-state index contributed by atoms with van der Waals surface area (Å²) in [4.78, 5) is 21.4. The second-order valence-corrected chi connectivity index (χ2v) is 7.42. The van der Waals surface area contributed by atoms with Crippen molar-refractivity contribution >= 4 is 35.8 Å². The normalized spacial score (nSPS) is 23.3. The molecule has 1 saturated carbocycles. The van der Waals surface area contributed by atoms with Crippen molar-refractivity contribution in [2.24, 2.45) is 10.9 Å². The molecule has 0 radical (unpaired) electrons. The van der Waals surface area contributed by atoms with Crippen LogP contribution in [0, 0.1) is 5.92 Å². The number of carbonyl (C=O) groups excluding carboxylic acids is 1. The third kappa shape index (κ3) is 7.38. The van der Waals surface area contributed by atoms with E-state index in [9.17, 15) is 4.79 Å². The van der Waals surface area contributed by atoms with E-state index < -0.39 is 0 Å². The summed E-state index contributed by atoms with van der Waals surface area (Å²) in [5.74, 6) is 1.94. The predicted molar refractivity (Wildman–Crippen MR) is 117 cm³/mol. The van der Waals surface area contributed by atoms with Crippen LogP contribution >= 0.6 is 24.0 Å². The lowest BCUT2D eigenvalue weighted by Gasteiger charge is -2.37. The van der Waals surface area contributed by atoms with E-state index in [1.165, 1.54) is 12.8 Å². The topological polar surface area (TPSA) is 66.4 Å². The van der Waals surface area contributed by atoms with Gasteiger partial charge in [0.05, 0.1) is 0 Å². The molecule has 3 rings (SSSR count). The Balaban J connectivity index is 0.00000261. The Labute approximate surface area is 180 Å². The highest BCUT2D eigenvalue weighted by molar-refractivity contribution is 14.0. The second kappa shape index (κ2) is 12.1. The maximum atomic E-state index is 12.4. The highest BCUT2D eigenvalue weighted by Crippen LogP contribution is 2.28. The summed E-state index contributed by atoms with van der Waals surface area (Å²) in [7, 11) is 0. The van der Waals surface area contributed by atoms with Gasteiger partial charge in [-0.15, -0.1) is 24.0 Å². The molecule has 8 heteroatoms. The number of halogens is 1. The molecule has 0 spiro atoms. The summed E-state index contributed by atoms with van der Waals surface area (Å²) in [6.07, 6.45) is 5.29. The van der Waals surface area contributed by atoms with E-state index >= 15 is 0 Å². The van der Waals surface area contributed by atoms with E-state index in [0.29, 0.717) is 0 Å². The molecular weight excluding hydrogens is 459 g/mol. The summed E-state index contributed by atoms with van der Waals surface area (Å²) in [6, 6.07) is 0. The molecule has 156 valence electrons. The molecule has 7 nitrogen and oxygen atoms in total. The molecule has 0 bridgehead atoms. The summed E-state index contributed by atoms with van der Waals surface area (Å²) < 4.78 is 11.2. The van der Waals surface area contributed by atoms with Crippen molar-refractivity contribution in [1.29, 1.82) is 0 Å². The van der Waals surface area contributed by atoms with Crippen LogP contribution in [0.25, 0.3) is 0 Å². The minimum Gasteiger partial charge on any atom is -0.381 e. The van der Waals surface area contributed by atoms with Crippen molar-refractivity contribution in [3.8, 4) is 0 Å². The van der Waals surface area contributed by atoms with Crippen LogP contribution in [0.2, 0.25) is 0 Å². The van der Waals surface area contributed by atoms with Crippen LogP contribution in [0.1, 0.15) is 39.0 Å². The van der Waals surface area contributed by atoms with Crippen molar-refractivity contribution in [1.82, 2.24) is 15.1 Å². The van der Waals surface area contributed by atoms with Crippen LogP contribution in [-0.4, -0.2) is 86.9 Å². The second-order valence-electron chi connectivity index (χ2n) is 7.42. The lowest BCUT2D eigenvalue weighted by molar-refractivity contribution is -0.142. The molecule has 2 saturated heterocycles. The highest BCUT2D eigenvalue weighted by atomic mass is 127. The average molecular weight is 494 g/mol. The van der Waals surface area contributed by atoms with Gasteiger partial charge in [0.1, 0.15) is 6.10 Å². The lowest BCUT2D eigenvalue weighted by atomic mass is 10.2. The van der Waals surface area contributed by atoms with Crippen LogP contribution in [-0.2, 0) is 14.3 Å². The molecule has 1 N–H and O–H groups in total. The number of carbonyl (C=O) groups is 1. The third-order valence-corrected chi connectivity index (χ3v) is 5.19. The molecule has 27 heavy (non-hydrogen) atoms. The molecule has 3 aliphatic rings. The number of rotatable bonds is 8. The van der Waals surface area contributed by atoms with E-state index in [-0.39, 0.29) is 36.0 Å². The van der Waals surface area contributed by atoms with Crippen LogP contribution in [0.4, 0.5) is 0 Å². The van der Waals surface area contributed by atoms with Gasteiger partial charge in [0.2, 0.25) is 0 Å². The molecule has 0 aromatic carbocycles. The first-order valence-electron chi connectivity index (χ1n) is 10.3. The van der Waals surface area contributed by atoms with Gasteiger partial charge in [-0.3, -0.25) is 9.79 Å². The average Bonchev–Trinajstić information content (AvgIpc) is 3.33. The molecule has 3 fully saturated rings. The minimum atomic E-state index is -0.209. The molecule has 1 amide bonds. The predicted octanol–water partition coefficient (Wildman–Crippen LogP) is 1.71. The van der Waals surface area contributed by atoms with Crippen LogP contribution < -0.4 is 5.32 Å². The zero-order valence-corrected chi connectivity index (χ0v) is 18.9. The first kappa shape index (κ1) is 22.7. The standard InChI is InChI=1S/C19H34N4O3.HI/c1-2-20-19(21-8-4-13-25-15-16-6-7-16)23-11-9-22(10-12-23)18(24)17-5-3-14-26-17;/h16-17H,2-15H2,1H3,(H,20,21);1H. The number of amides is 1. The SMILES string of the molecule is CCNC(=NCCCOCC1CC1)N1CCN(C(=O)C2CCCO2)CC1.I. The Morgan fingerprint density at radius 2 is 1.93 bits per heavy atom. The molecule has 1 aliphatic carbocycles. The van der Waals surface area contributed by atoms with Crippen molar-refractivity contribution in [2.45, 2.75) is 45.1 Å². The molecule has 1 unspecified atom stereocenters. The van der Waals surface area contributed by atoms with Gasteiger partial charge in [-0.1, -0.05) is 0 Å². The summed E-state index contributed by atoms with van der Waals surface area (Å²) in [5, 5.41) is 3.38. The lowest BCUT2D eigenvalue weighted by Crippen LogP contribution is -2.55. The zero-order valence-electron chi connectivity index (χ0n) is 16.5. The van der Waals surface area contributed by atoms with Gasteiger partial charge in [-0.25, -0.2) is 0 Å². The number of nitrogens with zero attached hydrogens (tertiary/aromatic N) is 3. The van der Waals surface area contributed by atoms with Gasteiger partial charge in [0.15, 0.2) is 5.96 Å². The van der Waals surface area contributed by atoms with Gasteiger partial charge in [-0.2, -0.15) is 0 Å². The van der Waals surface area contributed by atoms with E-state index in [2.05, 4.69) is 17.1 Å². The highest BCUT2D eigenvalue weighted by Gasteiger charge is 2.30. The molecule has 2 aliphatic heterocycles. The number of hydrogen-bond donors (Lipinski definition) is 1. The number of hydrogen-bond acceptors (Lipinski definition) is 4. The molecule has 2 heterocycles. The minimum absolute atomic E-state index is 0. The Kier molecular flexibility index (Phi) is 10.1. The molecule has 0 aromatic heterocycles. The summed E-state index contributed by atoms with van der Waals surface area (Å²) in [5.41, 5.74) is 0. The molecule has 1 atom stereocenters. The number of nitrogens with one attached hydrogen (secondary N) is 1. The Hall–Kier alpha value is -0.610. The number of guanidine groups is 1. The molecular formula is C19H35IN4O3. The van der Waals surface area contributed by atoms with Gasteiger partial charge in [0, 0.05) is 59.1 Å². The van der Waals surface area contributed by atoms with Crippen molar-refractivity contribution in [3.05, 3.63) is 0 Å². The number of ether oxygens (including phenoxy) is 2. The maximum absolute atomic E-state index is 12.4. The van der Waals surface area contributed by atoms with Gasteiger partial charge in [-0.05, 0) is 44.9 Å². The van der Waals surface area contributed by atoms with Crippen LogP contribution in [0.3, 0.4) is 0 Å². The fourth-order valence-corrected chi connectivity index (χ4v) is 3.43. The van der Waals surface area contributed by atoms with Gasteiger partial charge < -0.3 is 24.6 Å². The van der Waals surface area contributed by atoms with Crippen LogP contribution in [0.15, 0.2) is 4.99 Å². The van der Waals surface area contributed by atoms with Gasteiger partial charge >= 0.3 is 0 Å². The van der Waals surface area contributed by atoms with Gasteiger partial charge in [0.25, 0.3) is 5.91 Å². The monoisotopic (exact) mass is 494 g/mol. The fourth-order valence-electron chi connectivity index (χ4n) is 3.43. The van der Waals surface area contributed by atoms with Crippen molar-refractivity contribution < 1.29 is 14.3 Å². The van der Waals surface area contributed by atoms with Crippen molar-refractivity contribution in [2.75, 3.05) is 59.1 Å². The first-order valence-corrected chi connectivity index (χ1v) is 10.3. The number of piperazine rings is 1. The zero-order chi connectivity index (χ0) is 18.2. The molecule has 0 aromatic rings. The Bertz CT molecular complexity index is 474. The fraction of sp³-hybridized carbons (Fsp3) is 0.895. The number of aliphatic imine (C=N–C) groups is 1. The quantitative estimate of drug-likeness (QED) is 0.241. The van der Waals surface area contributed by atoms with E-state index in [1.807, 2.05) is 4.90 Å². The van der Waals surface area contributed by atoms with E-state index in [0.717, 1.165) is 90.2 Å². The van der Waals surface area contributed by atoms with Crippen molar-refractivity contribution in [3.63, 3.8) is 0 Å².